The number of sulfonamides is 1. The number of morpholine rings is 1. The number of rotatable bonds is 7. The van der Waals surface area contributed by atoms with E-state index in [4.69, 9.17) is 4.74 Å². The van der Waals surface area contributed by atoms with Crippen LogP contribution in [-0.2, 0) is 21.3 Å². The Balaban J connectivity index is 1.52. The van der Waals surface area contributed by atoms with Crippen molar-refractivity contribution in [3.05, 3.63) is 59.7 Å². The van der Waals surface area contributed by atoms with Crippen molar-refractivity contribution in [1.82, 2.24) is 14.5 Å². The highest BCUT2D eigenvalue weighted by Gasteiger charge is 2.28. The number of nitrogens with one attached hydrogen (secondary N) is 1. The first kappa shape index (κ1) is 23.7. The molecule has 0 unspecified atom stereocenters. The van der Waals surface area contributed by atoms with Crippen LogP contribution in [0.1, 0.15) is 22.3 Å². The summed E-state index contributed by atoms with van der Waals surface area (Å²) in [4.78, 5) is 17.9. The van der Waals surface area contributed by atoms with E-state index in [1.165, 1.54) is 25.7 Å². The number of carbonyl (C=O) groups excluding carboxylic acids is 1. The van der Waals surface area contributed by atoms with Gasteiger partial charge in [0.05, 0.1) is 23.7 Å². The molecule has 2 aliphatic heterocycles. The molecule has 33 heavy (non-hydrogen) atoms. The minimum atomic E-state index is -3.65. The third-order valence-corrected chi connectivity index (χ3v) is 8.01. The molecule has 2 saturated heterocycles. The molecule has 2 aliphatic rings. The summed E-state index contributed by atoms with van der Waals surface area (Å²) in [5.74, 6) is -0.237. The summed E-state index contributed by atoms with van der Waals surface area (Å²) in [7, 11) is -0.667. The van der Waals surface area contributed by atoms with E-state index in [1.54, 1.807) is 12.1 Å². The number of likely N-dealkylation sites (tertiary alicyclic amines) is 1. The van der Waals surface area contributed by atoms with E-state index in [0.29, 0.717) is 31.9 Å². The van der Waals surface area contributed by atoms with Crippen LogP contribution in [0.2, 0.25) is 0 Å². The largest absolute Gasteiger partial charge is 0.378 e. The van der Waals surface area contributed by atoms with E-state index in [9.17, 15) is 13.2 Å². The summed E-state index contributed by atoms with van der Waals surface area (Å²) >= 11 is 0. The van der Waals surface area contributed by atoms with E-state index in [0.717, 1.165) is 36.0 Å². The molecule has 8 nitrogen and oxygen atoms in total. The minimum absolute atomic E-state index is 0.0212. The molecule has 1 N–H and O–H groups in total. The first-order chi connectivity index (χ1) is 15.8. The van der Waals surface area contributed by atoms with Gasteiger partial charge in [-0.3, -0.25) is 9.69 Å². The molecule has 2 aromatic carbocycles. The van der Waals surface area contributed by atoms with Crippen LogP contribution >= 0.6 is 0 Å². The lowest BCUT2D eigenvalue weighted by molar-refractivity contribution is 0.0936. The van der Waals surface area contributed by atoms with Gasteiger partial charge in [-0.25, -0.2) is 12.7 Å². The predicted octanol–water partition coefficient (Wildman–Crippen LogP) is 1.78. The Bertz CT molecular complexity index is 1070. The molecule has 1 atom stereocenters. The number of amides is 1. The quantitative estimate of drug-likeness (QED) is 0.662. The first-order valence-electron chi connectivity index (χ1n) is 11.3. The highest BCUT2D eigenvalue weighted by Crippen LogP contribution is 2.27. The van der Waals surface area contributed by atoms with Gasteiger partial charge in [0.25, 0.3) is 5.91 Å². The van der Waals surface area contributed by atoms with Crippen molar-refractivity contribution >= 4 is 21.6 Å². The molecule has 0 bridgehead atoms. The number of anilines is 1. The Hall–Kier alpha value is -2.46. The van der Waals surface area contributed by atoms with Crippen LogP contribution < -0.4 is 10.2 Å². The van der Waals surface area contributed by atoms with Crippen LogP contribution in [0.4, 0.5) is 5.69 Å². The van der Waals surface area contributed by atoms with Gasteiger partial charge in [-0.05, 0) is 30.2 Å². The van der Waals surface area contributed by atoms with Crippen molar-refractivity contribution in [3.8, 4) is 0 Å². The van der Waals surface area contributed by atoms with Gasteiger partial charge >= 0.3 is 0 Å². The monoisotopic (exact) mass is 472 g/mol. The molecule has 9 heteroatoms. The molecule has 4 rings (SSSR count). The van der Waals surface area contributed by atoms with E-state index in [-0.39, 0.29) is 16.8 Å². The van der Waals surface area contributed by atoms with Crippen LogP contribution in [-0.4, -0.2) is 83.1 Å². The van der Waals surface area contributed by atoms with Crippen molar-refractivity contribution < 1.29 is 17.9 Å². The van der Waals surface area contributed by atoms with Gasteiger partial charge in [-0.2, -0.15) is 0 Å². The zero-order valence-corrected chi connectivity index (χ0v) is 20.1. The second kappa shape index (κ2) is 10.2. The topological polar surface area (TPSA) is 82.2 Å². The maximum atomic E-state index is 13.4. The zero-order chi connectivity index (χ0) is 23.4. The molecular weight excluding hydrogens is 440 g/mol. The number of benzene rings is 2. The van der Waals surface area contributed by atoms with Gasteiger partial charge in [-0.15, -0.1) is 0 Å². The van der Waals surface area contributed by atoms with Crippen LogP contribution in [0.3, 0.4) is 0 Å². The van der Waals surface area contributed by atoms with Crippen molar-refractivity contribution in [2.75, 3.05) is 58.4 Å². The van der Waals surface area contributed by atoms with E-state index < -0.39 is 10.0 Å². The van der Waals surface area contributed by atoms with E-state index in [1.807, 2.05) is 18.2 Å². The first-order valence-corrected chi connectivity index (χ1v) is 12.7. The molecule has 2 fully saturated rings. The molecule has 0 saturated carbocycles. The van der Waals surface area contributed by atoms with Gasteiger partial charge in [0.15, 0.2) is 0 Å². The summed E-state index contributed by atoms with van der Waals surface area (Å²) in [6.45, 7) is 5.01. The predicted molar refractivity (Wildman–Crippen MR) is 128 cm³/mol. The SMILES string of the molecule is CN(C)S(=O)(=O)c1ccc(N2CCOCC2)c(C(=O)N[C@H]2CCN(Cc3ccccc3)C2)c1. The molecule has 2 aromatic rings. The fraction of sp³-hybridized carbons (Fsp3) is 0.458. The van der Waals surface area contributed by atoms with Crippen LogP contribution in [0.25, 0.3) is 0 Å². The molecular formula is C24H32N4O4S. The zero-order valence-electron chi connectivity index (χ0n) is 19.2. The van der Waals surface area contributed by atoms with Crippen molar-refractivity contribution in [3.63, 3.8) is 0 Å². The number of nitrogens with zero attached hydrogens (tertiary/aromatic N) is 3. The fourth-order valence-corrected chi connectivity index (χ4v) is 5.28. The van der Waals surface area contributed by atoms with Crippen molar-refractivity contribution in [2.45, 2.75) is 23.9 Å². The number of ether oxygens (including phenoxy) is 1. The lowest BCUT2D eigenvalue weighted by atomic mass is 10.1. The molecule has 0 aliphatic carbocycles. The molecule has 0 spiro atoms. The van der Waals surface area contributed by atoms with Crippen LogP contribution in [0, 0.1) is 0 Å². The summed E-state index contributed by atoms with van der Waals surface area (Å²) in [5, 5.41) is 3.15. The highest BCUT2D eigenvalue weighted by molar-refractivity contribution is 7.89. The second-order valence-electron chi connectivity index (χ2n) is 8.75. The molecule has 2 heterocycles. The third-order valence-electron chi connectivity index (χ3n) is 6.20. The van der Waals surface area contributed by atoms with Gasteiger partial charge in [0, 0.05) is 58.5 Å². The van der Waals surface area contributed by atoms with Crippen molar-refractivity contribution in [1.29, 1.82) is 0 Å². The van der Waals surface area contributed by atoms with Crippen LogP contribution in [0.15, 0.2) is 53.4 Å². The molecule has 178 valence electrons. The van der Waals surface area contributed by atoms with Gasteiger partial charge in [0.2, 0.25) is 10.0 Å². The molecule has 1 amide bonds. The lowest BCUT2D eigenvalue weighted by Gasteiger charge is -2.31. The minimum Gasteiger partial charge on any atom is -0.378 e. The van der Waals surface area contributed by atoms with Gasteiger partial charge in [0.1, 0.15) is 0 Å². The fourth-order valence-electron chi connectivity index (χ4n) is 4.35. The highest BCUT2D eigenvalue weighted by atomic mass is 32.2. The summed E-state index contributed by atoms with van der Waals surface area (Å²) in [6, 6.07) is 15.1. The maximum Gasteiger partial charge on any atom is 0.253 e. The Kier molecular flexibility index (Phi) is 7.33. The summed E-state index contributed by atoms with van der Waals surface area (Å²) < 4.78 is 32.0. The van der Waals surface area contributed by atoms with E-state index in [2.05, 4.69) is 27.2 Å². The second-order valence-corrected chi connectivity index (χ2v) is 10.9. The Morgan fingerprint density at radius 1 is 1.09 bits per heavy atom. The van der Waals surface area contributed by atoms with E-state index >= 15 is 0 Å². The number of hydrogen-bond donors (Lipinski definition) is 1. The molecule has 0 aromatic heterocycles. The maximum absolute atomic E-state index is 13.4. The number of carbonyl (C=O) groups is 1. The standard InChI is InChI=1S/C24H32N4O4S/c1-26(2)33(30,31)21-8-9-23(28-12-14-32-15-13-28)22(16-21)24(29)25-20-10-11-27(18-20)17-19-6-4-3-5-7-19/h3-9,16,20H,10-15,17-18H2,1-2H3,(H,25,29)/t20-/m0/s1. The Labute approximate surface area is 196 Å². The normalized spacial score (nSPS) is 19.7. The summed E-state index contributed by atoms with van der Waals surface area (Å²) in [5.41, 5.74) is 2.38. The lowest BCUT2D eigenvalue weighted by Crippen LogP contribution is -2.40. The average molecular weight is 473 g/mol. The Morgan fingerprint density at radius 3 is 2.52 bits per heavy atom. The van der Waals surface area contributed by atoms with Crippen molar-refractivity contribution in [2.24, 2.45) is 0 Å². The Morgan fingerprint density at radius 2 is 1.82 bits per heavy atom. The molecule has 0 radical (unpaired) electrons. The van der Waals surface area contributed by atoms with Gasteiger partial charge in [-0.1, -0.05) is 30.3 Å². The van der Waals surface area contributed by atoms with Crippen LogP contribution in [0.5, 0.6) is 0 Å². The third kappa shape index (κ3) is 5.55. The summed E-state index contributed by atoms with van der Waals surface area (Å²) in [6.07, 6.45) is 0.862. The smallest absolute Gasteiger partial charge is 0.253 e. The average Bonchev–Trinajstić information content (AvgIpc) is 3.26. The number of hydrogen-bond acceptors (Lipinski definition) is 6. The van der Waals surface area contributed by atoms with Gasteiger partial charge < -0.3 is 15.0 Å².